The molecule has 5 nitrogen and oxygen atoms in total. The topological polar surface area (TPSA) is 67.8 Å². The average molecular weight is 393 g/mol. The molecule has 0 atom stereocenters. The maximum Gasteiger partial charge on any atom is 0.258 e. The summed E-state index contributed by atoms with van der Waals surface area (Å²) >= 11 is 3.18. The Morgan fingerprint density at radius 1 is 1.00 bits per heavy atom. The molecule has 1 N–H and O–H groups in total. The molecule has 1 aromatic carbocycles. The fourth-order valence-electron chi connectivity index (χ4n) is 2.78. The molecule has 3 aromatic heterocycles. The maximum atomic E-state index is 12.9. The molecule has 3 heterocycles. The predicted molar refractivity (Wildman–Crippen MR) is 110 cm³/mol. The standard InChI is InChI=1S/C20H16N4OS2/c1-12-7-8-17(26-12)18-13(2)27-20(23-18)24-19(25)16-6-4-3-5-15(16)14-9-21-11-22-10-14/h3-11H,1-2H3,(H,23,24,25). The summed E-state index contributed by atoms with van der Waals surface area (Å²) in [6.07, 6.45) is 4.87. The number of benzene rings is 1. The molecule has 0 aliphatic rings. The zero-order valence-electron chi connectivity index (χ0n) is 14.8. The lowest BCUT2D eigenvalue weighted by Gasteiger charge is -2.08. The Morgan fingerprint density at radius 2 is 1.78 bits per heavy atom. The highest BCUT2D eigenvalue weighted by molar-refractivity contribution is 7.18. The van der Waals surface area contributed by atoms with Gasteiger partial charge in [-0.15, -0.1) is 22.7 Å². The number of nitrogens with one attached hydrogen (secondary N) is 1. The summed E-state index contributed by atoms with van der Waals surface area (Å²) in [5, 5.41) is 3.53. The molecule has 0 radical (unpaired) electrons. The highest BCUT2D eigenvalue weighted by Gasteiger charge is 2.17. The lowest BCUT2D eigenvalue weighted by atomic mass is 10.0. The van der Waals surface area contributed by atoms with Gasteiger partial charge in [-0.2, -0.15) is 0 Å². The largest absolute Gasteiger partial charge is 0.298 e. The van der Waals surface area contributed by atoms with Crippen molar-refractivity contribution in [3.63, 3.8) is 0 Å². The first-order valence-electron chi connectivity index (χ1n) is 8.32. The van der Waals surface area contributed by atoms with E-state index < -0.39 is 0 Å². The molecule has 0 spiro atoms. The number of nitrogens with zero attached hydrogens (tertiary/aromatic N) is 3. The van der Waals surface area contributed by atoms with Crippen molar-refractivity contribution in [1.29, 1.82) is 0 Å². The van der Waals surface area contributed by atoms with Crippen LogP contribution in [0, 0.1) is 13.8 Å². The summed E-state index contributed by atoms with van der Waals surface area (Å²) in [5.74, 6) is -0.197. The number of amides is 1. The molecule has 27 heavy (non-hydrogen) atoms. The first-order chi connectivity index (χ1) is 13.1. The van der Waals surface area contributed by atoms with Crippen LogP contribution in [0.3, 0.4) is 0 Å². The van der Waals surface area contributed by atoms with Crippen LogP contribution >= 0.6 is 22.7 Å². The van der Waals surface area contributed by atoms with Crippen LogP contribution in [0.4, 0.5) is 5.13 Å². The minimum atomic E-state index is -0.197. The molecule has 0 unspecified atom stereocenters. The summed E-state index contributed by atoms with van der Waals surface area (Å²) in [6.45, 7) is 4.09. The molecule has 4 aromatic rings. The average Bonchev–Trinajstić information content (AvgIpc) is 3.27. The summed E-state index contributed by atoms with van der Waals surface area (Å²) in [6, 6.07) is 11.6. The van der Waals surface area contributed by atoms with Gasteiger partial charge >= 0.3 is 0 Å². The van der Waals surface area contributed by atoms with Gasteiger partial charge < -0.3 is 0 Å². The SMILES string of the molecule is Cc1ccc(-c2nc(NC(=O)c3ccccc3-c3cncnc3)sc2C)s1. The van der Waals surface area contributed by atoms with Crippen LogP contribution in [0.15, 0.2) is 55.1 Å². The number of thiazole rings is 1. The van der Waals surface area contributed by atoms with Gasteiger partial charge in [0, 0.05) is 33.3 Å². The third-order valence-corrected chi connectivity index (χ3v) is 5.93. The number of aryl methyl sites for hydroxylation is 2. The van der Waals surface area contributed by atoms with Crippen LogP contribution in [0.5, 0.6) is 0 Å². The van der Waals surface area contributed by atoms with Gasteiger partial charge in [0.15, 0.2) is 5.13 Å². The third kappa shape index (κ3) is 3.65. The van der Waals surface area contributed by atoms with Gasteiger partial charge in [-0.1, -0.05) is 18.2 Å². The number of thiophene rings is 1. The second kappa shape index (κ2) is 7.38. The van der Waals surface area contributed by atoms with Crippen LogP contribution < -0.4 is 5.32 Å². The van der Waals surface area contributed by atoms with Crippen molar-refractivity contribution in [1.82, 2.24) is 15.0 Å². The van der Waals surface area contributed by atoms with Gasteiger partial charge in [-0.3, -0.25) is 10.1 Å². The van der Waals surface area contributed by atoms with E-state index in [4.69, 9.17) is 0 Å². The molecule has 0 aliphatic carbocycles. The number of hydrogen-bond acceptors (Lipinski definition) is 6. The molecule has 0 aliphatic heterocycles. The van der Waals surface area contributed by atoms with Crippen molar-refractivity contribution in [2.24, 2.45) is 0 Å². The Labute approximate surface area is 164 Å². The second-order valence-electron chi connectivity index (χ2n) is 5.96. The van der Waals surface area contributed by atoms with E-state index in [0.717, 1.165) is 26.6 Å². The van der Waals surface area contributed by atoms with Gasteiger partial charge in [-0.25, -0.2) is 15.0 Å². The van der Waals surface area contributed by atoms with Crippen molar-refractivity contribution < 1.29 is 4.79 Å². The highest BCUT2D eigenvalue weighted by Crippen LogP contribution is 2.34. The monoisotopic (exact) mass is 392 g/mol. The number of carbonyl (C=O) groups is 1. The number of rotatable bonds is 4. The third-order valence-electron chi connectivity index (χ3n) is 4.03. The van der Waals surface area contributed by atoms with Crippen LogP contribution in [0.2, 0.25) is 0 Å². The van der Waals surface area contributed by atoms with Crippen LogP contribution in [0.25, 0.3) is 21.7 Å². The number of hydrogen-bond donors (Lipinski definition) is 1. The van der Waals surface area contributed by atoms with Crippen LogP contribution in [-0.4, -0.2) is 20.9 Å². The van der Waals surface area contributed by atoms with Crippen molar-refractivity contribution in [2.75, 3.05) is 5.32 Å². The Morgan fingerprint density at radius 3 is 2.52 bits per heavy atom. The van der Waals surface area contributed by atoms with Crippen molar-refractivity contribution in [2.45, 2.75) is 13.8 Å². The van der Waals surface area contributed by atoms with Gasteiger partial charge in [0.2, 0.25) is 0 Å². The molecule has 0 saturated heterocycles. The first-order valence-corrected chi connectivity index (χ1v) is 9.95. The molecule has 0 bridgehead atoms. The molecule has 134 valence electrons. The molecular weight excluding hydrogens is 376 g/mol. The number of anilines is 1. The Kier molecular flexibility index (Phi) is 4.79. The van der Waals surface area contributed by atoms with Gasteiger partial charge in [0.05, 0.1) is 10.6 Å². The molecule has 4 rings (SSSR count). The minimum Gasteiger partial charge on any atom is -0.298 e. The first kappa shape index (κ1) is 17.5. The highest BCUT2D eigenvalue weighted by atomic mass is 32.1. The van der Waals surface area contributed by atoms with E-state index in [-0.39, 0.29) is 5.91 Å². The second-order valence-corrected chi connectivity index (χ2v) is 8.45. The van der Waals surface area contributed by atoms with E-state index in [9.17, 15) is 4.79 Å². The van der Waals surface area contributed by atoms with Gasteiger partial charge in [-0.05, 0) is 37.6 Å². The van der Waals surface area contributed by atoms with E-state index in [1.165, 1.54) is 22.5 Å². The zero-order valence-corrected chi connectivity index (χ0v) is 16.4. The molecular formula is C20H16N4OS2. The van der Waals surface area contributed by atoms with Crippen LogP contribution in [0.1, 0.15) is 20.1 Å². The van der Waals surface area contributed by atoms with Crippen molar-refractivity contribution in [3.05, 3.63) is 70.4 Å². The van der Waals surface area contributed by atoms with E-state index in [1.807, 2.05) is 25.1 Å². The van der Waals surface area contributed by atoms with Gasteiger partial charge in [0.1, 0.15) is 6.33 Å². The maximum absolute atomic E-state index is 12.9. The van der Waals surface area contributed by atoms with E-state index in [0.29, 0.717) is 10.7 Å². The van der Waals surface area contributed by atoms with Crippen LogP contribution in [-0.2, 0) is 0 Å². The summed E-state index contributed by atoms with van der Waals surface area (Å²) < 4.78 is 0. The van der Waals surface area contributed by atoms with E-state index in [2.05, 4.69) is 39.3 Å². The Hall–Kier alpha value is -2.90. The number of carbonyl (C=O) groups excluding carboxylic acids is 1. The Balaban J connectivity index is 1.63. The molecule has 0 fully saturated rings. The number of aromatic nitrogens is 3. The van der Waals surface area contributed by atoms with Gasteiger partial charge in [0.25, 0.3) is 5.91 Å². The predicted octanol–water partition coefficient (Wildman–Crippen LogP) is 5.20. The van der Waals surface area contributed by atoms with E-state index in [1.54, 1.807) is 29.8 Å². The zero-order chi connectivity index (χ0) is 18.8. The van der Waals surface area contributed by atoms with Crippen molar-refractivity contribution >= 4 is 33.7 Å². The van der Waals surface area contributed by atoms with E-state index >= 15 is 0 Å². The normalized spacial score (nSPS) is 10.7. The fraction of sp³-hybridized carbons (Fsp3) is 0.100. The minimum absolute atomic E-state index is 0.197. The quantitative estimate of drug-likeness (QED) is 0.518. The summed E-state index contributed by atoms with van der Waals surface area (Å²) in [5.41, 5.74) is 3.08. The lowest BCUT2D eigenvalue weighted by Crippen LogP contribution is -2.13. The smallest absolute Gasteiger partial charge is 0.258 e. The lowest BCUT2D eigenvalue weighted by molar-refractivity contribution is 0.102. The molecule has 0 saturated carbocycles. The summed E-state index contributed by atoms with van der Waals surface area (Å²) in [4.78, 5) is 29.0. The van der Waals surface area contributed by atoms with Crippen molar-refractivity contribution in [3.8, 4) is 21.7 Å². The molecule has 1 amide bonds. The summed E-state index contributed by atoms with van der Waals surface area (Å²) in [7, 11) is 0. The Bertz CT molecular complexity index is 1100. The molecule has 7 heteroatoms. The fourth-order valence-corrected chi connectivity index (χ4v) is 4.58.